The molecule has 0 aliphatic carbocycles. The second-order valence-electron chi connectivity index (χ2n) is 3.84. The van der Waals surface area contributed by atoms with Crippen LogP contribution in [-0.4, -0.2) is 11.0 Å². The van der Waals surface area contributed by atoms with Crippen LogP contribution in [-0.2, 0) is 0 Å². The van der Waals surface area contributed by atoms with Gasteiger partial charge in [-0.1, -0.05) is 13.8 Å². The van der Waals surface area contributed by atoms with Crippen molar-refractivity contribution in [3.05, 3.63) is 10.6 Å². The Morgan fingerprint density at radius 2 is 1.85 bits per heavy atom. The number of anilines is 1. The molecule has 0 aromatic carbocycles. The minimum Gasteiger partial charge on any atom is -0.359 e. The third-order valence-electron chi connectivity index (χ3n) is 2.38. The molecular weight excluding hydrogens is 180 g/mol. The molecule has 0 fully saturated rings. The lowest BCUT2D eigenvalue weighted by atomic mass is 10.1. The molecule has 13 heavy (non-hydrogen) atoms. The van der Waals surface area contributed by atoms with Crippen molar-refractivity contribution in [3.63, 3.8) is 0 Å². The monoisotopic (exact) mass is 198 g/mol. The summed E-state index contributed by atoms with van der Waals surface area (Å²) in [6.45, 7) is 10.8. The van der Waals surface area contributed by atoms with Crippen LogP contribution in [0.25, 0.3) is 0 Å². The van der Waals surface area contributed by atoms with E-state index < -0.39 is 0 Å². The Morgan fingerprint density at radius 3 is 2.23 bits per heavy atom. The Kier molecular flexibility index (Phi) is 3.31. The lowest BCUT2D eigenvalue weighted by Gasteiger charge is -2.16. The van der Waals surface area contributed by atoms with Gasteiger partial charge in [0.25, 0.3) is 0 Å². The summed E-state index contributed by atoms with van der Waals surface area (Å²) >= 11 is 1.74. The first-order chi connectivity index (χ1) is 6.00. The molecular formula is C10H18N2S. The first-order valence-electron chi connectivity index (χ1n) is 4.71. The molecule has 0 saturated carbocycles. The van der Waals surface area contributed by atoms with Gasteiger partial charge in [0.2, 0.25) is 0 Å². The Balaban J connectivity index is 2.64. The van der Waals surface area contributed by atoms with E-state index in [0.29, 0.717) is 12.0 Å². The Hall–Kier alpha value is -0.570. The van der Waals surface area contributed by atoms with Crippen molar-refractivity contribution in [1.82, 2.24) is 4.98 Å². The second-order valence-corrected chi connectivity index (χ2v) is 5.04. The maximum Gasteiger partial charge on any atom is 0.183 e. The molecule has 0 aliphatic heterocycles. The van der Waals surface area contributed by atoms with Gasteiger partial charge < -0.3 is 5.32 Å². The topological polar surface area (TPSA) is 24.9 Å². The van der Waals surface area contributed by atoms with Crippen LogP contribution in [0, 0.1) is 19.8 Å². The summed E-state index contributed by atoms with van der Waals surface area (Å²) in [7, 11) is 0. The van der Waals surface area contributed by atoms with Crippen LogP contribution < -0.4 is 5.32 Å². The van der Waals surface area contributed by atoms with Crippen LogP contribution in [0.2, 0.25) is 0 Å². The third kappa shape index (κ3) is 2.69. The minimum absolute atomic E-state index is 0.491. The lowest BCUT2D eigenvalue weighted by Crippen LogP contribution is -2.21. The van der Waals surface area contributed by atoms with Gasteiger partial charge in [-0.15, -0.1) is 11.3 Å². The third-order valence-corrected chi connectivity index (χ3v) is 3.38. The van der Waals surface area contributed by atoms with Gasteiger partial charge in [-0.2, -0.15) is 0 Å². The minimum atomic E-state index is 0.491. The predicted molar refractivity (Wildman–Crippen MR) is 59.5 cm³/mol. The molecule has 2 nitrogen and oxygen atoms in total. The summed E-state index contributed by atoms with van der Waals surface area (Å²) in [5, 5.41) is 4.46. The number of aromatic nitrogens is 1. The van der Waals surface area contributed by atoms with E-state index in [2.05, 4.69) is 44.9 Å². The Bertz CT molecular complexity index is 259. The fourth-order valence-corrected chi connectivity index (χ4v) is 1.81. The average molecular weight is 198 g/mol. The highest BCUT2D eigenvalue weighted by Gasteiger charge is 2.09. The van der Waals surface area contributed by atoms with E-state index in [1.165, 1.54) is 4.88 Å². The molecule has 1 unspecified atom stereocenters. The normalized spacial score (nSPS) is 13.4. The molecule has 1 atom stereocenters. The standard InChI is InChI=1S/C10H18N2S/c1-6(2)7(3)11-10-12-8(4)9(5)13-10/h6-7H,1-5H3,(H,11,12). The number of hydrogen-bond acceptors (Lipinski definition) is 3. The summed E-state index contributed by atoms with van der Waals surface area (Å²) in [6, 6.07) is 0.491. The molecule has 1 aromatic rings. The predicted octanol–water partition coefficient (Wildman–Crippen LogP) is 3.22. The van der Waals surface area contributed by atoms with E-state index >= 15 is 0 Å². The van der Waals surface area contributed by atoms with E-state index in [1.807, 2.05) is 0 Å². The maximum absolute atomic E-state index is 4.44. The van der Waals surface area contributed by atoms with E-state index in [0.717, 1.165) is 10.8 Å². The van der Waals surface area contributed by atoms with Gasteiger partial charge in [0.1, 0.15) is 0 Å². The zero-order valence-electron chi connectivity index (χ0n) is 9.01. The van der Waals surface area contributed by atoms with Crippen molar-refractivity contribution in [2.75, 3.05) is 5.32 Å². The molecule has 1 N–H and O–H groups in total. The number of thiazole rings is 1. The quantitative estimate of drug-likeness (QED) is 0.806. The Morgan fingerprint density at radius 1 is 1.23 bits per heavy atom. The summed E-state index contributed by atoms with van der Waals surface area (Å²) in [5.74, 6) is 0.643. The SMILES string of the molecule is Cc1nc(NC(C)C(C)C)sc1C. The summed E-state index contributed by atoms with van der Waals surface area (Å²) in [6.07, 6.45) is 0. The fraction of sp³-hybridized carbons (Fsp3) is 0.700. The van der Waals surface area contributed by atoms with Crippen molar-refractivity contribution in [2.45, 2.75) is 40.7 Å². The van der Waals surface area contributed by atoms with Crippen LogP contribution in [0.15, 0.2) is 0 Å². The zero-order chi connectivity index (χ0) is 10.0. The van der Waals surface area contributed by atoms with Crippen LogP contribution in [0.4, 0.5) is 5.13 Å². The number of rotatable bonds is 3. The van der Waals surface area contributed by atoms with Gasteiger partial charge in [-0.05, 0) is 26.7 Å². The molecule has 0 saturated heterocycles. The van der Waals surface area contributed by atoms with Gasteiger partial charge in [0.15, 0.2) is 5.13 Å². The molecule has 1 rings (SSSR count). The Labute approximate surface area is 84.4 Å². The van der Waals surface area contributed by atoms with Crippen molar-refractivity contribution in [1.29, 1.82) is 0 Å². The number of hydrogen-bond donors (Lipinski definition) is 1. The molecule has 1 heterocycles. The van der Waals surface area contributed by atoms with Crippen molar-refractivity contribution in [2.24, 2.45) is 5.92 Å². The van der Waals surface area contributed by atoms with Gasteiger partial charge in [0, 0.05) is 10.9 Å². The number of nitrogens with zero attached hydrogens (tertiary/aromatic N) is 1. The van der Waals surface area contributed by atoms with Gasteiger partial charge >= 0.3 is 0 Å². The molecule has 0 radical (unpaired) electrons. The van der Waals surface area contributed by atoms with Crippen LogP contribution >= 0.6 is 11.3 Å². The van der Waals surface area contributed by atoms with E-state index in [1.54, 1.807) is 11.3 Å². The fourth-order valence-electron chi connectivity index (χ4n) is 0.896. The average Bonchev–Trinajstić information content (AvgIpc) is 2.31. The van der Waals surface area contributed by atoms with E-state index in [4.69, 9.17) is 0 Å². The molecule has 0 spiro atoms. The zero-order valence-corrected chi connectivity index (χ0v) is 9.83. The lowest BCUT2D eigenvalue weighted by molar-refractivity contribution is 0.559. The summed E-state index contributed by atoms with van der Waals surface area (Å²) in [5.41, 5.74) is 1.14. The molecule has 74 valence electrons. The van der Waals surface area contributed by atoms with Gasteiger partial charge in [-0.3, -0.25) is 0 Å². The first kappa shape index (κ1) is 10.5. The first-order valence-corrected chi connectivity index (χ1v) is 5.53. The van der Waals surface area contributed by atoms with E-state index in [9.17, 15) is 0 Å². The highest BCUT2D eigenvalue weighted by molar-refractivity contribution is 7.15. The molecule has 3 heteroatoms. The van der Waals surface area contributed by atoms with Crippen LogP contribution in [0.3, 0.4) is 0 Å². The van der Waals surface area contributed by atoms with Crippen molar-refractivity contribution >= 4 is 16.5 Å². The van der Waals surface area contributed by atoms with Gasteiger partial charge in [0.05, 0.1) is 5.69 Å². The summed E-state index contributed by atoms with van der Waals surface area (Å²) in [4.78, 5) is 5.74. The van der Waals surface area contributed by atoms with Crippen molar-refractivity contribution in [3.8, 4) is 0 Å². The van der Waals surface area contributed by atoms with E-state index in [-0.39, 0.29) is 0 Å². The molecule has 0 amide bonds. The maximum atomic E-state index is 4.44. The molecule has 0 aliphatic rings. The molecule has 1 aromatic heterocycles. The number of nitrogens with one attached hydrogen (secondary N) is 1. The van der Waals surface area contributed by atoms with Crippen LogP contribution in [0.1, 0.15) is 31.3 Å². The highest BCUT2D eigenvalue weighted by Crippen LogP contribution is 2.22. The largest absolute Gasteiger partial charge is 0.359 e. The highest BCUT2D eigenvalue weighted by atomic mass is 32.1. The van der Waals surface area contributed by atoms with Crippen LogP contribution in [0.5, 0.6) is 0 Å². The number of aryl methyl sites for hydroxylation is 2. The van der Waals surface area contributed by atoms with Gasteiger partial charge in [-0.25, -0.2) is 4.98 Å². The summed E-state index contributed by atoms with van der Waals surface area (Å²) < 4.78 is 0. The smallest absolute Gasteiger partial charge is 0.183 e. The molecule has 0 bridgehead atoms. The second kappa shape index (κ2) is 4.09. The van der Waals surface area contributed by atoms with Crippen molar-refractivity contribution < 1.29 is 0 Å².